The molecule has 1 unspecified atom stereocenters. The Labute approximate surface area is 83.6 Å². The Bertz CT molecular complexity index is 164. The van der Waals surface area contributed by atoms with Crippen molar-refractivity contribution in [2.45, 2.75) is 19.9 Å². The summed E-state index contributed by atoms with van der Waals surface area (Å²) in [7, 11) is 0. The van der Waals surface area contributed by atoms with Crippen LogP contribution in [0.3, 0.4) is 0 Å². The van der Waals surface area contributed by atoms with Crippen LogP contribution in [0.4, 0.5) is 0 Å². The molecule has 0 saturated heterocycles. The van der Waals surface area contributed by atoms with E-state index in [4.69, 9.17) is 11.5 Å². The zero-order chi connectivity index (χ0) is 10.9. The summed E-state index contributed by atoms with van der Waals surface area (Å²) in [4.78, 5) is 21.1. The summed E-state index contributed by atoms with van der Waals surface area (Å²) in [5, 5.41) is 2.30. The Balaban J connectivity index is 0. The number of nitrogens with one attached hydrogen (secondary N) is 1. The summed E-state index contributed by atoms with van der Waals surface area (Å²) in [6.45, 7) is 3.84. The first kappa shape index (κ1) is 14.8. The summed E-state index contributed by atoms with van der Waals surface area (Å²) >= 11 is 3.81. The number of hydrogen-bond donors (Lipinski definition) is 4. The van der Waals surface area contributed by atoms with Gasteiger partial charge >= 0.3 is 0 Å². The van der Waals surface area contributed by atoms with E-state index < -0.39 is 17.9 Å². The molecule has 0 aromatic heterocycles. The van der Waals surface area contributed by atoms with Gasteiger partial charge in [-0.2, -0.15) is 12.6 Å². The molecule has 5 N–H and O–H groups in total. The van der Waals surface area contributed by atoms with Gasteiger partial charge < -0.3 is 16.8 Å². The van der Waals surface area contributed by atoms with Gasteiger partial charge in [-0.15, -0.1) is 0 Å². The van der Waals surface area contributed by atoms with Crippen molar-refractivity contribution in [3.63, 3.8) is 0 Å². The van der Waals surface area contributed by atoms with Gasteiger partial charge in [-0.3, -0.25) is 9.59 Å². The zero-order valence-corrected chi connectivity index (χ0v) is 8.80. The summed E-state index contributed by atoms with van der Waals surface area (Å²) < 4.78 is 0. The molecule has 0 heterocycles. The van der Waals surface area contributed by atoms with Gasteiger partial charge in [0.15, 0.2) is 0 Å². The van der Waals surface area contributed by atoms with Gasteiger partial charge in [0.25, 0.3) is 0 Å². The number of nitrogens with two attached hydrogens (primary N) is 2. The Morgan fingerprint density at radius 3 is 2.15 bits per heavy atom. The predicted molar refractivity (Wildman–Crippen MR) is 55.4 cm³/mol. The Kier molecular flexibility index (Phi) is 10.6. The average Bonchev–Trinajstić information content (AvgIpc) is 2.16. The zero-order valence-electron chi connectivity index (χ0n) is 7.91. The van der Waals surface area contributed by atoms with Gasteiger partial charge in [0, 0.05) is 5.75 Å². The van der Waals surface area contributed by atoms with E-state index in [1.54, 1.807) is 0 Å². The molecule has 5 nitrogen and oxygen atoms in total. The fourth-order valence-electron chi connectivity index (χ4n) is 0.460. The van der Waals surface area contributed by atoms with Crippen molar-refractivity contribution in [3.8, 4) is 0 Å². The lowest BCUT2D eigenvalue weighted by Crippen LogP contribution is -2.47. The molecule has 0 bridgehead atoms. The molecule has 0 spiro atoms. The van der Waals surface area contributed by atoms with Crippen LogP contribution in [0.25, 0.3) is 0 Å². The number of carbonyl (C=O) groups excluding carboxylic acids is 2. The van der Waals surface area contributed by atoms with Crippen molar-refractivity contribution in [1.82, 2.24) is 5.32 Å². The second kappa shape index (κ2) is 9.34. The van der Waals surface area contributed by atoms with Crippen LogP contribution in [0.1, 0.15) is 13.8 Å². The lowest BCUT2D eigenvalue weighted by atomic mass is 10.3. The second-order valence-electron chi connectivity index (χ2n) is 1.91. The third-order valence-corrected chi connectivity index (χ3v) is 1.41. The molecule has 0 aromatic carbocycles. The van der Waals surface area contributed by atoms with Crippen LogP contribution in [0, 0.1) is 0 Å². The fourth-order valence-corrected chi connectivity index (χ4v) is 0.731. The van der Waals surface area contributed by atoms with Crippen LogP contribution in [0.15, 0.2) is 0 Å². The van der Waals surface area contributed by atoms with Crippen LogP contribution < -0.4 is 16.8 Å². The van der Waals surface area contributed by atoms with E-state index in [1.807, 2.05) is 13.8 Å². The largest absolute Gasteiger partial charge is 0.368 e. The lowest BCUT2D eigenvalue weighted by Gasteiger charge is -2.10. The molecule has 0 fully saturated rings. The summed E-state index contributed by atoms with van der Waals surface area (Å²) in [6, 6.07) is -0.727. The molecule has 0 aliphatic carbocycles. The van der Waals surface area contributed by atoms with Gasteiger partial charge in [-0.1, -0.05) is 13.8 Å². The van der Waals surface area contributed by atoms with E-state index >= 15 is 0 Å². The predicted octanol–water partition coefficient (Wildman–Crippen LogP) is -1.13. The van der Waals surface area contributed by atoms with E-state index in [0.717, 1.165) is 0 Å². The average molecular weight is 207 g/mol. The maximum Gasteiger partial charge on any atom is 0.240 e. The van der Waals surface area contributed by atoms with Crippen LogP contribution in [-0.2, 0) is 9.59 Å². The molecule has 2 amide bonds. The molecule has 0 aliphatic rings. The summed E-state index contributed by atoms with van der Waals surface area (Å²) in [5.41, 5.74) is 9.89. The molecule has 13 heavy (non-hydrogen) atoms. The minimum absolute atomic E-state index is 0.155. The molecule has 0 rings (SSSR count). The number of hydrogen-bond acceptors (Lipinski definition) is 4. The molecule has 0 aliphatic heterocycles. The third kappa shape index (κ3) is 7.61. The van der Waals surface area contributed by atoms with E-state index in [0.29, 0.717) is 0 Å². The highest BCUT2D eigenvalue weighted by Crippen LogP contribution is 1.85. The van der Waals surface area contributed by atoms with E-state index in [1.165, 1.54) is 0 Å². The third-order valence-electron chi connectivity index (χ3n) is 1.05. The van der Waals surface area contributed by atoms with Crippen molar-refractivity contribution in [2.75, 3.05) is 12.3 Å². The normalized spacial score (nSPS) is 10.8. The Morgan fingerprint density at radius 1 is 1.46 bits per heavy atom. The van der Waals surface area contributed by atoms with Crippen LogP contribution in [-0.4, -0.2) is 30.2 Å². The van der Waals surface area contributed by atoms with E-state index in [2.05, 4.69) is 17.9 Å². The fraction of sp³-hybridized carbons (Fsp3) is 0.714. The molecular formula is C7H17N3O2S. The number of thiol groups is 1. The molecule has 1 atom stereocenters. The van der Waals surface area contributed by atoms with Gasteiger partial charge in [-0.05, 0) is 0 Å². The van der Waals surface area contributed by atoms with Crippen molar-refractivity contribution in [2.24, 2.45) is 11.5 Å². The van der Waals surface area contributed by atoms with Crippen LogP contribution in [0.2, 0.25) is 0 Å². The standard InChI is InChI=1S/C5H11N3O2S.C2H6/c6-1-4(9)8-3(2-11)5(7)10;1-2/h3,11H,1-2,6H2,(H2,7,10)(H,8,9);1-2H3. The van der Waals surface area contributed by atoms with Crippen molar-refractivity contribution in [3.05, 3.63) is 0 Å². The van der Waals surface area contributed by atoms with Crippen LogP contribution >= 0.6 is 12.6 Å². The number of carbonyl (C=O) groups is 2. The smallest absolute Gasteiger partial charge is 0.240 e. The second-order valence-corrected chi connectivity index (χ2v) is 2.27. The molecule has 0 aromatic rings. The number of rotatable bonds is 4. The van der Waals surface area contributed by atoms with Crippen molar-refractivity contribution < 1.29 is 9.59 Å². The lowest BCUT2D eigenvalue weighted by molar-refractivity contribution is -0.126. The minimum Gasteiger partial charge on any atom is -0.368 e. The summed E-state index contributed by atoms with van der Waals surface area (Å²) in [6.07, 6.45) is 0. The molecule has 78 valence electrons. The monoisotopic (exact) mass is 207 g/mol. The molecule has 6 heteroatoms. The number of amides is 2. The van der Waals surface area contributed by atoms with Crippen molar-refractivity contribution >= 4 is 24.4 Å². The van der Waals surface area contributed by atoms with E-state index in [9.17, 15) is 9.59 Å². The Morgan fingerprint density at radius 2 is 1.92 bits per heavy atom. The van der Waals surface area contributed by atoms with Gasteiger partial charge in [0.1, 0.15) is 6.04 Å². The quantitative estimate of drug-likeness (QED) is 0.439. The Hall–Kier alpha value is -0.750. The highest BCUT2D eigenvalue weighted by molar-refractivity contribution is 7.80. The highest BCUT2D eigenvalue weighted by atomic mass is 32.1. The first-order valence-corrected chi connectivity index (χ1v) is 4.64. The topological polar surface area (TPSA) is 98.2 Å². The number of primary amides is 1. The van der Waals surface area contributed by atoms with Crippen molar-refractivity contribution in [1.29, 1.82) is 0 Å². The maximum atomic E-state index is 10.6. The van der Waals surface area contributed by atoms with Gasteiger partial charge in [0.05, 0.1) is 6.54 Å². The molecule has 0 radical (unpaired) electrons. The van der Waals surface area contributed by atoms with Gasteiger partial charge in [-0.25, -0.2) is 0 Å². The van der Waals surface area contributed by atoms with E-state index in [-0.39, 0.29) is 12.3 Å². The molecular weight excluding hydrogens is 190 g/mol. The SMILES string of the molecule is CC.NCC(=O)NC(CS)C(N)=O. The molecule has 0 saturated carbocycles. The first-order chi connectivity index (χ1) is 6.11. The van der Waals surface area contributed by atoms with Gasteiger partial charge in [0.2, 0.25) is 11.8 Å². The highest BCUT2D eigenvalue weighted by Gasteiger charge is 2.14. The van der Waals surface area contributed by atoms with Crippen LogP contribution in [0.5, 0.6) is 0 Å². The first-order valence-electron chi connectivity index (χ1n) is 4.01. The summed E-state index contributed by atoms with van der Waals surface area (Å²) in [5.74, 6) is -0.842. The maximum absolute atomic E-state index is 10.6. The minimum atomic E-state index is -0.727.